The van der Waals surface area contributed by atoms with E-state index in [9.17, 15) is 4.79 Å². The van der Waals surface area contributed by atoms with E-state index in [2.05, 4.69) is 5.10 Å². The van der Waals surface area contributed by atoms with Crippen molar-refractivity contribution in [2.24, 2.45) is 0 Å². The van der Waals surface area contributed by atoms with Crippen molar-refractivity contribution in [1.82, 2.24) is 14.7 Å². The fraction of sp³-hybridized carbons (Fsp3) is 0.375. The van der Waals surface area contributed by atoms with Crippen molar-refractivity contribution in [1.29, 1.82) is 0 Å². The fourth-order valence-electron chi connectivity index (χ4n) is 2.33. The van der Waals surface area contributed by atoms with Crippen LogP contribution >= 0.6 is 11.6 Å². The van der Waals surface area contributed by atoms with Gasteiger partial charge in [0.15, 0.2) is 0 Å². The van der Waals surface area contributed by atoms with Gasteiger partial charge in [-0.15, -0.1) is 0 Å². The standard InChI is InChI=1S/C16H20ClN3O/c1-4-19(5-2)16(21)14-12(3)18-20(15(14)17)11-13-9-7-6-8-10-13/h6-10H,4-5,11H2,1-3H3. The van der Waals surface area contributed by atoms with E-state index in [1.807, 2.05) is 51.1 Å². The van der Waals surface area contributed by atoms with E-state index < -0.39 is 0 Å². The highest BCUT2D eigenvalue weighted by molar-refractivity contribution is 6.33. The third-order valence-corrected chi connectivity index (χ3v) is 3.89. The second-order valence-corrected chi connectivity index (χ2v) is 5.23. The summed E-state index contributed by atoms with van der Waals surface area (Å²) in [5.74, 6) is -0.0539. The van der Waals surface area contributed by atoms with E-state index in [0.717, 1.165) is 5.56 Å². The van der Waals surface area contributed by atoms with Crippen molar-refractivity contribution in [2.45, 2.75) is 27.3 Å². The van der Waals surface area contributed by atoms with Gasteiger partial charge in [-0.3, -0.25) is 4.79 Å². The summed E-state index contributed by atoms with van der Waals surface area (Å²) in [6.07, 6.45) is 0. The number of amides is 1. The van der Waals surface area contributed by atoms with Gasteiger partial charge in [-0.1, -0.05) is 41.9 Å². The first kappa shape index (κ1) is 15.6. The maximum atomic E-state index is 12.5. The van der Waals surface area contributed by atoms with Gasteiger partial charge in [-0.05, 0) is 26.3 Å². The molecule has 1 heterocycles. The van der Waals surface area contributed by atoms with Crippen molar-refractivity contribution in [3.63, 3.8) is 0 Å². The molecule has 0 aliphatic heterocycles. The smallest absolute Gasteiger partial charge is 0.258 e. The largest absolute Gasteiger partial charge is 0.339 e. The molecular formula is C16H20ClN3O. The van der Waals surface area contributed by atoms with E-state index in [4.69, 9.17) is 11.6 Å². The minimum atomic E-state index is -0.0539. The maximum Gasteiger partial charge on any atom is 0.258 e. The van der Waals surface area contributed by atoms with Crippen LogP contribution in [-0.2, 0) is 6.54 Å². The molecule has 1 aromatic heterocycles. The molecule has 0 N–H and O–H groups in total. The van der Waals surface area contributed by atoms with Gasteiger partial charge in [0.05, 0.1) is 17.8 Å². The zero-order valence-electron chi connectivity index (χ0n) is 12.6. The molecule has 1 aromatic carbocycles. The van der Waals surface area contributed by atoms with Crippen LogP contribution in [0.4, 0.5) is 0 Å². The lowest BCUT2D eigenvalue weighted by molar-refractivity contribution is 0.0772. The average Bonchev–Trinajstić information content (AvgIpc) is 2.75. The summed E-state index contributed by atoms with van der Waals surface area (Å²) >= 11 is 6.39. The summed E-state index contributed by atoms with van der Waals surface area (Å²) in [5.41, 5.74) is 2.29. The second-order valence-electron chi connectivity index (χ2n) is 4.87. The molecule has 2 aromatic rings. The Hall–Kier alpha value is -1.81. The quantitative estimate of drug-likeness (QED) is 0.849. The highest BCUT2D eigenvalue weighted by Gasteiger charge is 2.23. The Morgan fingerprint density at radius 3 is 2.43 bits per heavy atom. The highest BCUT2D eigenvalue weighted by atomic mass is 35.5. The topological polar surface area (TPSA) is 38.1 Å². The van der Waals surface area contributed by atoms with Crippen molar-refractivity contribution >= 4 is 17.5 Å². The minimum absolute atomic E-state index is 0.0539. The van der Waals surface area contributed by atoms with Crippen molar-refractivity contribution in [3.05, 3.63) is 52.3 Å². The van der Waals surface area contributed by atoms with Crippen LogP contribution in [-0.4, -0.2) is 33.7 Å². The predicted molar refractivity (Wildman–Crippen MR) is 84.8 cm³/mol. The Labute approximate surface area is 130 Å². The Morgan fingerprint density at radius 2 is 1.86 bits per heavy atom. The molecule has 0 spiro atoms. The molecule has 0 radical (unpaired) electrons. The van der Waals surface area contributed by atoms with Gasteiger partial charge in [-0.25, -0.2) is 4.68 Å². The van der Waals surface area contributed by atoms with Crippen molar-refractivity contribution < 1.29 is 4.79 Å². The number of rotatable bonds is 5. The number of nitrogens with zero attached hydrogens (tertiary/aromatic N) is 3. The molecule has 1 amide bonds. The first-order chi connectivity index (χ1) is 10.1. The molecule has 4 nitrogen and oxygen atoms in total. The molecule has 112 valence electrons. The maximum absolute atomic E-state index is 12.5. The molecule has 21 heavy (non-hydrogen) atoms. The molecule has 0 saturated carbocycles. The number of benzene rings is 1. The summed E-state index contributed by atoms with van der Waals surface area (Å²) < 4.78 is 1.68. The van der Waals surface area contributed by atoms with Gasteiger partial charge in [0.1, 0.15) is 5.15 Å². The van der Waals surface area contributed by atoms with E-state index in [0.29, 0.717) is 36.0 Å². The van der Waals surface area contributed by atoms with Gasteiger partial charge >= 0.3 is 0 Å². The van der Waals surface area contributed by atoms with Crippen LogP contribution in [0, 0.1) is 6.92 Å². The number of halogens is 1. The Kier molecular flexibility index (Phi) is 5.02. The van der Waals surface area contributed by atoms with E-state index >= 15 is 0 Å². The van der Waals surface area contributed by atoms with Gasteiger partial charge < -0.3 is 4.90 Å². The predicted octanol–water partition coefficient (Wildman–Crippen LogP) is 3.38. The van der Waals surface area contributed by atoms with Gasteiger partial charge in [0, 0.05) is 13.1 Å². The summed E-state index contributed by atoms with van der Waals surface area (Å²) in [4.78, 5) is 14.3. The lowest BCUT2D eigenvalue weighted by atomic mass is 10.2. The third-order valence-electron chi connectivity index (χ3n) is 3.51. The van der Waals surface area contributed by atoms with Crippen molar-refractivity contribution in [3.8, 4) is 0 Å². The molecule has 0 atom stereocenters. The number of hydrogen-bond donors (Lipinski definition) is 0. The van der Waals surface area contributed by atoms with E-state index in [1.165, 1.54) is 0 Å². The van der Waals surface area contributed by atoms with Crippen LogP contribution in [0.2, 0.25) is 5.15 Å². The van der Waals surface area contributed by atoms with Crippen LogP contribution in [0.1, 0.15) is 35.5 Å². The number of carbonyl (C=O) groups excluding carboxylic acids is 1. The van der Waals surface area contributed by atoms with Crippen LogP contribution in [0.5, 0.6) is 0 Å². The average molecular weight is 306 g/mol. The first-order valence-electron chi connectivity index (χ1n) is 7.14. The third kappa shape index (κ3) is 3.27. The number of aromatic nitrogens is 2. The number of hydrogen-bond acceptors (Lipinski definition) is 2. The Balaban J connectivity index is 2.31. The number of carbonyl (C=O) groups is 1. The Morgan fingerprint density at radius 1 is 1.24 bits per heavy atom. The van der Waals surface area contributed by atoms with Gasteiger partial charge in [-0.2, -0.15) is 5.10 Å². The van der Waals surface area contributed by atoms with Crippen LogP contribution in [0.15, 0.2) is 30.3 Å². The van der Waals surface area contributed by atoms with Crippen molar-refractivity contribution in [2.75, 3.05) is 13.1 Å². The molecule has 0 fully saturated rings. The highest BCUT2D eigenvalue weighted by Crippen LogP contribution is 2.22. The van der Waals surface area contributed by atoms with Gasteiger partial charge in [0.25, 0.3) is 5.91 Å². The molecule has 2 rings (SSSR count). The molecular weight excluding hydrogens is 286 g/mol. The molecule has 0 saturated heterocycles. The molecule has 0 aliphatic rings. The van der Waals surface area contributed by atoms with Crippen LogP contribution in [0.3, 0.4) is 0 Å². The summed E-state index contributed by atoms with van der Waals surface area (Å²) in [5, 5.41) is 4.83. The van der Waals surface area contributed by atoms with E-state index in [-0.39, 0.29) is 5.91 Å². The lowest BCUT2D eigenvalue weighted by Crippen LogP contribution is -2.30. The second kappa shape index (κ2) is 6.76. The molecule has 5 heteroatoms. The monoisotopic (exact) mass is 305 g/mol. The zero-order chi connectivity index (χ0) is 15.4. The van der Waals surface area contributed by atoms with Gasteiger partial charge in [0.2, 0.25) is 0 Å². The van der Waals surface area contributed by atoms with Crippen LogP contribution in [0.25, 0.3) is 0 Å². The Bertz CT molecular complexity index is 618. The fourth-order valence-corrected chi connectivity index (χ4v) is 2.64. The first-order valence-corrected chi connectivity index (χ1v) is 7.52. The lowest BCUT2D eigenvalue weighted by Gasteiger charge is -2.18. The van der Waals surface area contributed by atoms with E-state index in [1.54, 1.807) is 9.58 Å². The van der Waals surface area contributed by atoms with Crippen LogP contribution < -0.4 is 0 Å². The number of aryl methyl sites for hydroxylation is 1. The molecule has 0 bridgehead atoms. The summed E-state index contributed by atoms with van der Waals surface area (Å²) in [6.45, 7) is 7.62. The zero-order valence-corrected chi connectivity index (χ0v) is 13.4. The molecule has 0 aliphatic carbocycles. The minimum Gasteiger partial charge on any atom is -0.339 e. The SMILES string of the molecule is CCN(CC)C(=O)c1c(C)nn(Cc2ccccc2)c1Cl. The molecule has 0 unspecified atom stereocenters. The summed E-state index contributed by atoms with van der Waals surface area (Å²) in [6, 6.07) is 9.94. The normalized spacial score (nSPS) is 10.7. The summed E-state index contributed by atoms with van der Waals surface area (Å²) in [7, 11) is 0.